The largest absolute Gasteiger partial charge is 0.390 e. The molecule has 96 valence electrons. The van der Waals surface area contributed by atoms with Crippen LogP contribution >= 0.6 is 0 Å². The van der Waals surface area contributed by atoms with Gasteiger partial charge in [0.1, 0.15) is 0 Å². The van der Waals surface area contributed by atoms with Crippen LogP contribution in [0.1, 0.15) is 20.8 Å². The summed E-state index contributed by atoms with van der Waals surface area (Å²) in [5.41, 5.74) is 0. The summed E-state index contributed by atoms with van der Waals surface area (Å²) < 4.78 is 5.27. The third kappa shape index (κ3) is 5.25. The Hall–Kier alpha value is -0.160. The highest BCUT2D eigenvalue weighted by Gasteiger charge is 2.15. The molecule has 2 unspecified atom stereocenters. The number of aliphatic hydroxyl groups is 1. The lowest BCUT2D eigenvalue weighted by Gasteiger charge is -2.29. The van der Waals surface area contributed by atoms with Crippen LogP contribution in [0.2, 0.25) is 0 Å². The molecule has 16 heavy (non-hydrogen) atoms. The molecule has 1 fully saturated rings. The SMILES string of the molecule is CC(C)C(C)NCC(O)CN1CCOCC1. The number of aliphatic hydroxyl groups excluding tert-OH is 1. The summed E-state index contributed by atoms with van der Waals surface area (Å²) in [5.74, 6) is 0.607. The standard InChI is InChI=1S/C12H26N2O2/c1-10(2)11(3)13-8-12(15)9-14-4-6-16-7-5-14/h10-13,15H,4-9H2,1-3H3. The molecule has 0 bridgehead atoms. The van der Waals surface area contributed by atoms with E-state index < -0.39 is 0 Å². The van der Waals surface area contributed by atoms with E-state index in [2.05, 4.69) is 31.0 Å². The van der Waals surface area contributed by atoms with Gasteiger partial charge >= 0.3 is 0 Å². The van der Waals surface area contributed by atoms with Crippen molar-refractivity contribution in [3.05, 3.63) is 0 Å². The average Bonchev–Trinajstić information content (AvgIpc) is 2.27. The maximum absolute atomic E-state index is 9.89. The minimum Gasteiger partial charge on any atom is -0.390 e. The summed E-state index contributed by atoms with van der Waals surface area (Å²) in [7, 11) is 0. The molecule has 0 aliphatic carbocycles. The highest BCUT2D eigenvalue weighted by molar-refractivity contribution is 4.72. The highest BCUT2D eigenvalue weighted by Crippen LogP contribution is 2.01. The molecule has 0 aromatic carbocycles. The number of hydrogen-bond donors (Lipinski definition) is 2. The molecular formula is C12H26N2O2. The van der Waals surface area contributed by atoms with Crippen molar-refractivity contribution in [3.8, 4) is 0 Å². The van der Waals surface area contributed by atoms with Crippen LogP contribution in [-0.4, -0.2) is 61.5 Å². The Balaban J connectivity index is 2.12. The first-order chi connectivity index (χ1) is 7.59. The fourth-order valence-corrected chi connectivity index (χ4v) is 1.70. The number of ether oxygens (including phenoxy) is 1. The molecule has 1 rings (SSSR count). The first-order valence-corrected chi connectivity index (χ1v) is 6.31. The maximum Gasteiger partial charge on any atom is 0.0791 e. The van der Waals surface area contributed by atoms with Crippen molar-refractivity contribution < 1.29 is 9.84 Å². The topological polar surface area (TPSA) is 44.7 Å². The molecule has 1 aliphatic rings. The van der Waals surface area contributed by atoms with Crippen LogP contribution in [0, 0.1) is 5.92 Å². The summed E-state index contributed by atoms with van der Waals surface area (Å²) in [4.78, 5) is 2.26. The van der Waals surface area contributed by atoms with Gasteiger partial charge < -0.3 is 15.2 Å². The molecular weight excluding hydrogens is 204 g/mol. The van der Waals surface area contributed by atoms with Crippen LogP contribution in [0.3, 0.4) is 0 Å². The third-order valence-corrected chi connectivity index (χ3v) is 3.25. The Morgan fingerprint density at radius 3 is 2.44 bits per heavy atom. The van der Waals surface area contributed by atoms with E-state index in [-0.39, 0.29) is 6.10 Å². The molecule has 0 aromatic heterocycles. The zero-order valence-corrected chi connectivity index (χ0v) is 10.8. The van der Waals surface area contributed by atoms with Gasteiger partial charge in [0.15, 0.2) is 0 Å². The Morgan fingerprint density at radius 1 is 1.25 bits per heavy atom. The van der Waals surface area contributed by atoms with E-state index in [0.29, 0.717) is 18.5 Å². The van der Waals surface area contributed by atoms with E-state index in [4.69, 9.17) is 4.74 Å². The number of nitrogens with one attached hydrogen (secondary N) is 1. The smallest absolute Gasteiger partial charge is 0.0791 e. The van der Waals surface area contributed by atoms with Crippen LogP contribution in [0.5, 0.6) is 0 Å². The monoisotopic (exact) mass is 230 g/mol. The minimum absolute atomic E-state index is 0.278. The Morgan fingerprint density at radius 2 is 1.88 bits per heavy atom. The number of morpholine rings is 1. The van der Waals surface area contributed by atoms with E-state index in [9.17, 15) is 5.11 Å². The van der Waals surface area contributed by atoms with Gasteiger partial charge in [-0.2, -0.15) is 0 Å². The molecule has 2 N–H and O–H groups in total. The van der Waals surface area contributed by atoms with Crippen molar-refractivity contribution in [1.82, 2.24) is 10.2 Å². The lowest BCUT2D eigenvalue weighted by Crippen LogP contribution is -2.45. The number of hydrogen-bond acceptors (Lipinski definition) is 4. The quantitative estimate of drug-likeness (QED) is 0.689. The number of β-amino-alcohol motifs (C(OH)–C–C–N with tert-alkyl or cyclic N) is 1. The second-order valence-corrected chi connectivity index (χ2v) is 5.01. The van der Waals surface area contributed by atoms with Gasteiger partial charge in [-0.25, -0.2) is 0 Å². The van der Waals surface area contributed by atoms with Crippen molar-refractivity contribution in [2.75, 3.05) is 39.4 Å². The van der Waals surface area contributed by atoms with Gasteiger partial charge in [0.25, 0.3) is 0 Å². The fourth-order valence-electron chi connectivity index (χ4n) is 1.70. The highest BCUT2D eigenvalue weighted by atomic mass is 16.5. The third-order valence-electron chi connectivity index (χ3n) is 3.25. The summed E-state index contributed by atoms with van der Waals surface area (Å²) in [6.07, 6.45) is -0.278. The second kappa shape index (κ2) is 7.22. The summed E-state index contributed by atoms with van der Waals surface area (Å²) >= 11 is 0. The van der Waals surface area contributed by atoms with Crippen LogP contribution in [0.15, 0.2) is 0 Å². The van der Waals surface area contributed by atoms with Crippen molar-refractivity contribution in [3.63, 3.8) is 0 Å². The van der Waals surface area contributed by atoms with E-state index in [1.807, 2.05) is 0 Å². The van der Waals surface area contributed by atoms with Crippen molar-refractivity contribution in [2.45, 2.75) is 32.9 Å². The van der Waals surface area contributed by atoms with E-state index in [1.54, 1.807) is 0 Å². The summed E-state index contributed by atoms with van der Waals surface area (Å²) in [5, 5.41) is 13.3. The minimum atomic E-state index is -0.278. The van der Waals surface area contributed by atoms with Crippen LogP contribution in [0.4, 0.5) is 0 Å². The molecule has 0 amide bonds. The summed E-state index contributed by atoms with van der Waals surface area (Å²) in [6.45, 7) is 11.4. The van der Waals surface area contributed by atoms with Gasteiger partial charge in [-0.15, -0.1) is 0 Å². The van der Waals surface area contributed by atoms with Crippen molar-refractivity contribution >= 4 is 0 Å². The van der Waals surface area contributed by atoms with Gasteiger partial charge in [-0.3, -0.25) is 4.90 Å². The maximum atomic E-state index is 9.89. The molecule has 0 spiro atoms. The van der Waals surface area contributed by atoms with Crippen LogP contribution < -0.4 is 5.32 Å². The van der Waals surface area contributed by atoms with Crippen LogP contribution in [-0.2, 0) is 4.74 Å². The van der Waals surface area contributed by atoms with E-state index in [0.717, 1.165) is 32.8 Å². The van der Waals surface area contributed by atoms with Crippen molar-refractivity contribution in [2.24, 2.45) is 5.92 Å². The normalized spacial score (nSPS) is 22.3. The molecule has 1 aliphatic heterocycles. The average molecular weight is 230 g/mol. The molecule has 4 heteroatoms. The molecule has 0 aromatic rings. The van der Waals surface area contributed by atoms with Gasteiger partial charge in [-0.05, 0) is 12.8 Å². The first-order valence-electron chi connectivity index (χ1n) is 6.31. The van der Waals surface area contributed by atoms with Gasteiger partial charge in [-0.1, -0.05) is 13.8 Å². The summed E-state index contributed by atoms with van der Waals surface area (Å²) in [6, 6.07) is 0.458. The van der Waals surface area contributed by atoms with Gasteiger partial charge in [0.2, 0.25) is 0 Å². The molecule has 0 saturated carbocycles. The molecule has 1 heterocycles. The zero-order valence-electron chi connectivity index (χ0n) is 10.8. The predicted octanol–water partition coefficient (Wildman–Crippen LogP) is 0.314. The Labute approximate surface area is 99.0 Å². The lowest BCUT2D eigenvalue weighted by molar-refractivity contribution is 0.0143. The van der Waals surface area contributed by atoms with E-state index >= 15 is 0 Å². The fraction of sp³-hybridized carbons (Fsp3) is 1.00. The second-order valence-electron chi connectivity index (χ2n) is 5.01. The van der Waals surface area contributed by atoms with E-state index in [1.165, 1.54) is 0 Å². The molecule has 1 saturated heterocycles. The van der Waals surface area contributed by atoms with Gasteiger partial charge in [0.05, 0.1) is 19.3 Å². The van der Waals surface area contributed by atoms with Crippen molar-refractivity contribution in [1.29, 1.82) is 0 Å². The number of nitrogens with zero attached hydrogens (tertiary/aromatic N) is 1. The zero-order chi connectivity index (χ0) is 12.0. The number of rotatable bonds is 6. The molecule has 0 radical (unpaired) electrons. The lowest BCUT2D eigenvalue weighted by atomic mass is 10.1. The Kier molecular flexibility index (Phi) is 6.28. The van der Waals surface area contributed by atoms with Crippen LogP contribution in [0.25, 0.3) is 0 Å². The molecule has 2 atom stereocenters. The van der Waals surface area contributed by atoms with Gasteiger partial charge in [0, 0.05) is 32.2 Å². The predicted molar refractivity (Wildman–Crippen MR) is 65.6 cm³/mol. The first kappa shape index (κ1) is 13.9. The Bertz CT molecular complexity index is 182. The molecule has 4 nitrogen and oxygen atoms in total.